The number of para-hydroxylation sites is 2. The van der Waals surface area contributed by atoms with Gasteiger partial charge in [0.1, 0.15) is 0 Å². The number of aromatic nitrogens is 1. The van der Waals surface area contributed by atoms with Gasteiger partial charge in [-0.1, -0.05) is 97.9 Å². The SMILES string of the molecule is CC(C)c1cccc(C(C)C)c1NCCN(CCNc1c(C(C)C)cccc1C(C)C)Cc1ccccn1.[Au].[Cl-].[Cl-]. The van der Waals surface area contributed by atoms with Gasteiger partial charge in [-0.05, 0) is 58.1 Å². The van der Waals surface area contributed by atoms with Crippen LogP contribution in [0.4, 0.5) is 11.4 Å². The van der Waals surface area contributed by atoms with Crippen molar-refractivity contribution in [1.82, 2.24) is 9.88 Å². The molecule has 41 heavy (non-hydrogen) atoms. The first-order valence-electron chi connectivity index (χ1n) is 14.5. The average molecular weight is 783 g/mol. The van der Waals surface area contributed by atoms with E-state index in [1.807, 2.05) is 12.3 Å². The van der Waals surface area contributed by atoms with E-state index in [4.69, 9.17) is 0 Å². The summed E-state index contributed by atoms with van der Waals surface area (Å²) in [6, 6.07) is 19.7. The molecule has 1 aromatic heterocycles. The molecule has 1 heterocycles. The Kier molecular flexibility index (Phi) is 18.9. The van der Waals surface area contributed by atoms with Crippen LogP contribution < -0.4 is 35.4 Å². The van der Waals surface area contributed by atoms with Crippen molar-refractivity contribution in [2.45, 2.75) is 85.6 Å². The van der Waals surface area contributed by atoms with Gasteiger partial charge in [-0.15, -0.1) is 0 Å². The van der Waals surface area contributed by atoms with Crippen LogP contribution >= 0.6 is 0 Å². The van der Waals surface area contributed by atoms with Crippen LogP contribution in [0.1, 0.15) is 107 Å². The maximum Gasteiger partial charge on any atom is 0.0543 e. The third-order valence-corrected chi connectivity index (χ3v) is 7.32. The number of hydrogen-bond donors (Lipinski definition) is 2. The summed E-state index contributed by atoms with van der Waals surface area (Å²) in [5, 5.41) is 7.67. The Hall–Kier alpha value is -1.53. The van der Waals surface area contributed by atoms with E-state index in [9.17, 15) is 0 Å². The van der Waals surface area contributed by atoms with Gasteiger partial charge in [0.25, 0.3) is 0 Å². The van der Waals surface area contributed by atoms with Gasteiger partial charge < -0.3 is 35.4 Å². The summed E-state index contributed by atoms with van der Waals surface area (Å²) in [5.74, 6) is 1.95. The second kappa shape index (κ2) is 19.6. The van der Waals surface area contributed by atoms with Crippen LogP contribution in [0.25, 0.3) is 0 Å². The van der Waals surface area contributed by atoms with E-state index in [1.54, 1.807) is 0 Å². The zero-order chi connectivity index (χ0) is 27.7. The van der Waals surface area contributed by atoms with Crippen LogP contribution in [0, 0.1) is 0 Å². The zero-order valence-corrected chi connectivity index (χ0v) is 29.7. The van der Waals surface area contributed by atoms with Crippen LogP contribution in [-0.4, -0.2) is 36.1 Å². The third-order valence-electron chi connectivity index (χ3n) is 7.32. The van der Waals surface area contributed by atoms with Crippen molar-refractivity contribution >= 4 is 11.4 Å². The summed E-state index contributed by atoms with van der Waals surface area (Å²) in [6.45, 7) is 22.8. The number of benzene rings is 2. The Morgan fingerprint density at radius 3 is 1.29 bits per heavy atom. The maximum absolute atomic E-state index is 4.62. The molecule has 0 saturated heterocycles. The fraction of sp³-hybridized carbons (Fsp3) is 0.500. The van der Waals surface area contributed by atoms with E-state index >= 15 is 0 Å². The first kappa shape index (κ1) is 39.5. The molecule has 0 unspecified atom stereocenters. The maximum atomic E-state index is 4.62. The summed E-state index contributed by atoms with van der Waals surface area (Å²) >= 11 is 0. The van der Waals surface area contributed by atoms with Crippen molar-refractivity contribution in [3.05, 3.63) is 88.7 Å². The smallest absolute Gasteiger partial charge is 0.0543 e. The molecular weight excluding hydrogens is 732 g/mol. The Bertz CT molecular complexity index is 1010. The standard InChI is InChI=1S/C34H50N4.Au.2ClH/c1-24(2)29-14-11-15-30(25(3)4)33(29)36-19-21-38(23-28-13-9-10-18-35-28)22-20-37-34-31(26(5)6)16-12-17-32(34)27(7)8;;;/h9-18,24-27,36-37H,19-23H2,1-8H3;;2*1H/p-2. The Morgan fingerprint density at radius 2 is 0.976 bits per heavy atom. The summed E-state index contributed by atoms with van der Waals surface area (Å²) in [6.07, 6.45) is 1.89. The van der Waals surface area contributed by atoms with Gasteiger partial charge >= 0.3 is 0 Å². The Balaban J connectivity index is 0.00000533. The fourth-order valence-corrected chi connectivity index (χ4v) is 5.18. The van der Waals surface area contributed by atoms with Crippen molar-refractivity contribution < 1.29 is 47.2 Å². The third kappa shape index (κ3) is 11.6. The predicted octanol–water partition coefficient (Wildman–Crippen LogP) is 2.61. The number of nitrogens with zero attached hydrogens (tertiary/aromatic N) is 2. The number of rotatable bonds is 14. The van der Waals surface area contributed by atoms with Crippen molar-refractivity contribution in [1.29, 1.82) is 0 Å². The Morgan fingerprint density at radius 1 is 0.585 bits per heavy atom. The molecule has 3 aromatic rings. The molecule has 0 spiro atoms. The van der Waals surface area contributed by atoms with Gasteiger partial charge in [0.15, 0.2) is 0 Å². The van der Waals surface area contributed by atoms with Gasteiger partial charge in [-0.3, -0.25) is 9.88 Å². The molecule has 3 rings (SSSR count). The van der Waals surface area contributed by atoms with Crippen LogP contribution in [-0.2, 0) is 28.9 Å². The van der Waals surface area contributed by atoms with E-state index in [2.05, 4.69) is 124 Å². The van der Waals surface area contributed by atoms with Crippen LogP contribution in [0.5, 0.6) is 0 Å². The molecule has 2 aromatic carbocycles. The molecule has 7 heteroatoms. The van der Waals surface area contributed by atoms with Crippen LogP contribution in [0.3, 0.4) is 0 Å². The summed E-state index contributed by atoms with van der Waals surface area (Å²) < 4.78 is 0. The molecule has 0 aliphatic carbocycles. The van der Waals surface area contributed by atoms with Crippen LogP contribution in [0.15, 0.2) is 60.8 Å². The molecule has 233 valence electrons. The predicted molar refractivity (Wildman–Crippen MR) is 166 cm³/mol. The molecule has 0 bridgehead atoms. The van der Waals surface area contributed by atoms with E-state index in [0.717, 1.165) is 38.4 Å². The first-order valence-corrected chi connectivity index (χ1v) is 14.5. The number of hydrogen-bond acceptors (Lipinski definition) is 4. The molecule has 0 aliphatic heterocycles. The number of anilines is 2. The summed E-state index contributed by atoms with van der Waals surface area (Å²) in [5.41, 5.74) is 9.37. The molecule has 4 nitrogen and oxygen atoms in total. The average Bonchev–Trinajstić information content (AvgIpc) is 2.88. The minimum absolute atomic E-state index is 0. The number of pyridine rings is 1. The minimum atomic E-state index is 0. The molecule has 0 atom stereocenters. The van der Waals surface area contributed by atoms with E-state index in [0.29, 0.717) is 23.7 Å². The normalized spacial score (nSPS) is 11.0. The van der Waals surface area contributed by atoms with Gasteiger partial charge in [-0.2, -0.15) is 0 Å². The van der Waals surface area contributed by atoms with Gasteiger partial charge in [0.05, 0.1) is 5.69 Å². The summed E-state index contributed by atoms with van der Waals surface area (Å²) in [7, 11) is 0. The van der Waals surface area contributed by atoms with Crippen molar-refractivity contribution in [2.24, 2.45) is 0 Å². The largest absolute Gasteiger partial charge is 1.00 e. The van der Waals surface area contributed by atoms with Crippen LogP contribution in [0.2, 0.25) is 0 Å². The molecule has 0 fully saturated rings. The molecule has 0 saturated carbocycles. The quantitative estimate of drug-likeness (QED) is 0.247. The monoisotopic (exact) mass is 781 g/mol. The molecule has 2 N–H and O–H groups in total. The fourth-order valence-electron chi connectivity index (χ4n) is 5.18. The van der Waals surface area contributed by atoms with E-state index in [-0.39, 0.29) is 47.2 Å². The molecule has 0 amide bonds. The second-order valence-corrected chi connectivity index (χ2v) is 11.7. The van der Waals surface area contributed by atoms with E-state index < -0.39 is 0 Å². The van der Waals surface area contributed by atoms with Gasteiger partial charge in [0.2, 0.25) is 0 Å². The minimum Gasteiger partial charge on any atom is -1.00 e. The van der Waals surface area contributed by atoms with Crippen molar-refractivity contribution in [3.63, 3.8) is 0 Å². The zero-order valence-electron chi connectivity index (χ0n) is 26.1. The Labute approximate surface area is 278 Å². The second-order valence-electron chi connectivity index (χ2n) is 11.7. The number of halogens is 2. The molecule has 0 aliphatic rings. The molecule has 1 radical (unpaired) electrons. The van der Waals surface area contributed by atoms with Crippen molar-refractivity contribution in [3.8, 4) is 0 Å². The first-order chi connectivity index (χ1) is 18.2. The van der Waals surface area contributed by atoms with E-state index in [1.165, 1.54) is 33.6 Å². The van der Waals surface area contributed by atoms with Crippen molar-refractivity contribution in [2.75, 3.05) is 36.8 Å². The summed E-state index contributed by atoms with van der Waals surface area (Å²) in [4.78, 5) is 7.13. The topological polar surface area (TPSA) is 40.2 Å². The van der Waals surface area contributed by atoms with Gasteiger partial charge in [-0.25, -0.2) is 0 Å². The number of nitrogens with one attached hydrogen (secondary N) is 2. The molecular formula is C34H50AuCl2N4-2. The van der Waals surface area contributed by atoms with Gasteiger partial charge in [0, 0.05) is 72.7 Å².